The van der Waals surface area contributed by atoms with Crippen molar-refractivity contribution < 1.29 is 14.7 Å². The third kappa shape index (κ3) is 5.59. The van der Waals surface area contributed by atoms with Crippen molar-refractivity contribution in [1.29, 1.82) is 0 Å². The number of likely N-dealkylation sites (tertiary alicyclic amines) is 1. The molecule has 0 atom stereocenters. The smallest absolute Gasteiger partial charge is 0.407 e. The number of rotatable bonds is 4. The van der Waals surface area contributed by atoms with Crippen LogP contribution in [0.4, 0.5) is 4.79 Å². The lowest BCUT2D eigenvalue weighted by Gasteiger charge is -2.44. The molecule has 2 heterocycles. The minimum absolute atomic E-state index is 0.120. The number of hydrogen-bond donors (Lipinski definition) is 1. The van der Waals surface area contributed by atoms with Gasteiger partial charge in [-0.3, -0.25) is 4.79 Å². The van der Waals surface area contributed by atoms with Crippen LogP contribution in [0.2, 0.25) is 15.1 Å². The van der Waals surface area contributed by atoms with Gasteiger partial charge in [0.25, 0.3) is 5.91 Å². The molecule has 7 nitrogen and oxygen atoms in total. The zero-order valence-corrected chi connectivity index (χ0v) is 23.4. The van der Waals surface area contributed by atoms with Crippen molar-refractivity contribution in [3.63, 3.8) is 0 Å². The molecule has 2 amide bonds. The molecule has 1 saturated heterocycles. The van der Waals surface area contributed by atoms with Crippen LogP contribution in [0.15, 0.2) is 42.5 Å². The first-order chi connectivity index (χ1) is 17.4. The molecule has 1 aliphatic heterocycles. The second-order valence-electron chi connectivity index (χ2n) is 10.2. The fourth-order valence-electron chi connectivity index (χ4n) is 4.92. The molecule has 10 heteroatoms. The Morgan fingerprint density at radius 1 is 1.00 bits per heavy atom. The summed E-state index contributed by atoms with van der Waals surface area (Å²) >= 11 is 18.9. The normalized spacial score (nSPS) is 14.6. The maximum Gasteiger partial charge on any atom is 0.407 e. The third-order valence-corrected chi connectivity index (χ3v) is 7.41. The highest BCUT2D eigenvalue weighted by Gasteiger charge is 2.38. The lowest BCUT2D eigenvalue weighted by Crippen LogP contribution is -2.55. The molecule has 1 fully saturated rings. The van der Waals surface area contributed by atoms with Crippen LogP contribution in [0.3, 0.4) is 0 Å². The van der Waals surface area contributed by atoms with Crippen LogP contribution >= 0.6 is 34.8 Å². The van der Waals surface area contributed by atoms with E-state index in [1.165, 1.54) is 4.90 Å². The Balaban J connectivity index is 1.83. The molecule has 3 aromatic rings. The van der Waals surface area contributed by atoms with Gasteiger partial charge in [-0.25, -0.2) is 9.48 Å². The summed E-state index contributed by atoms with van der Waals surface area (Å²) in [5.74, 6) is -0.210. The minimum atomic E-state index is -0.936. The molecule has 2 aromatic carbocycles. The Bertz CT molecular complexity index is 1320. The first-order valence-electron chi connectivity index (χ1n) is 12.0. The van der Waals surface area contributed by atoms with Crippen molar-refractivity contribution in [3.05, 3.63) is 68.8 Å². The monoisotopic (exact) mass is 562 g/mol. The van der Waals surface area contributed by atoms with Gasteiger partial charge in [-0.1, -0.05) is 46.9 Å². The lowest BCUT2D eigenvalue weighted by molar-refractivity contribution is 0.0290. The van der Waals surface area contributed by atoms with Gasteiger partial charge in [-0.15, -0.1) is 0 Å². The number of carboxylic acid groups (broad SMARTS) is 1. The molecule has 1 aromatic heterocycles. The molecule has 1 N–H and O–H groups in total. The molecule has 37 heavy (non-hydrogen) atoms. The second kappa shape index (κ2) is 10.6. The van der Waals surface area contributed by atoms with Gasteiger partial charge in [0.2, 0.25) is 0 Å². The van der Waals surface area contributed by atoms with Crippen LogP contribution in [0.25, 0.3) is 16.9 Å². The molecular formula is C27H29Cl3N4O3. The van der Waals surface area contributed by atoms with E-state index in [-0.39, 0.29) is 11.9 Å². The maximum absolute atomic E-state index is 14.2. The fourth-order valence-corrected chi connectivity index (χ4v) is 5.54. The van der Waals surface area contributed by atoms with Gasteiger partial charge in [0.1, 0.15) is 0 Å². The van der Waals surface area contributed by atoms with Crippen molar-refractivity contribution in [2.75, 3.05) is 13.1 Å². The van der Waals surface area contributed by atoms with E-state index in [0.29, 0.717) is 57.9 Å². The number of piperidine rings is 1. The number of benzene rings is 2. The number of aromatic nitrogens is 2. The number of halogens is 3. The topological polar surface area (TPSA) is 78.7 Å². The SMILES string of the molecule is Cc1c(C(=O)N(C2CCN(C(=O)O)CC2)C(C)(C)C)nn(-c2ccc(Cl)cc2Cl)c1-c1ccc(Cl)cc1. The van der Waals surface area contributed by atoms with Gasteiger partial charge in [-0.05, 0) is 70.9 Å². The van der Waals surface area contributed by atoms with Gasteiger partial charge in [0.05, 0.1) is 16.4 Å². The van der Waals surface area contributed by atoms with Gasteiger partial charge in [-0.2, -0.15) is 5.10 Å². The Hall–Kier alpha value is -2.74. The predicted octanol–water partition coefficient (Wildman–Crippen LogP) is 7.19. The Kier molecular flexibility index (Phi) is 7.79. The summed E-state index contributed by atoms with van der Waals surface area (Å²) in [5.41, 5.74) is 2.65. The summed E-state index contributed by atoms with van der Waals surface area (Å²) in [7, 11) is 0. The second-order valence-corrected chi connectivity index (χ2v) is 11.5. The van der Waals surface area contributed by atoms with Gasteiger partial charge in [0.15, 0.2) is 5.69 Å². The van der Waals surface area contributed by atoms with Gasteiger partial charge in [0, 0.05) is 45.8 Å². The highest BCUT2D eigenvalue weighted by atomic mass is 35.5. The molecule has 0 saturated carbocycles. The van der Waals surface area contributed by atoms with E-state index in [9.17, 15) is 14.7 Å². The highest BCUT2D eigenvalue weighted by molar-refractivity contribution is 6.35. The van der Waals surface area contributed by atoms with E-state index in [2.05, 4.69) is 0 Å². The van der Waals surface area contributed by atoms with Crippen molar-refractivity contribution in [1.82, 2.24) is 19.6 Å². The molecule has 0 unspecified atom stereocenters. The quantitative estimate of drug-likeness (QED) is 0.364. The number of carbonyl (C=O) groups excluding carboxylic acids is 1. The summed E-state index contributed by atoms with van der Waals surface area (Å²) in [5, 5.41) is 15.7. The zero-order valence-electron chi connectivity index (χ0n) is 21.1. The van der Waals surface area contributed by atoms with Crippen LogP contribution in [0.1, 0.15) is 49.7 Å². The van der Waals surface area contributed by atoms with E-state index in [1.54, 1.807) is 35.0 Å². The highest BCUT2D eigenvalue weighted by Crippen LogP contribution is 2.35. The fraction of sp³-hybridized carbons (Fsp3) is 0.370. The summed E-state index contributed by atoms with van der Waals surface area (Å²) in [4.78, 5) is 28.8. The van der Waals surface area contributed by atoms with E-state index in [0.717, 1.165) is 11.3 Å². The van der Waals surface area contributed by atoms with Crippen LogP contribution in [-0.2, 0) is 0 Å². The number of carbonyl (C=O) groups is 2. The molecule has 0 aliphatic carbocycles. The Morgan fingerprint density at radius 2 is 1.59 bits per heavy atom. The number of nitrogens with zero attached hydrogens (tertiary/aromatic N) is 4. The first-order valence-corrected chi connectivity index (χ1v) is 13.1. The van der Waals surface area contributed by atoms with Crippen molar-refractivity contribution in [3.8, 4) is 16.9 Å². The molecule has 4 rings (SSSR count). The van der Waals surface area contributed by atoms with Crippen LogP contribution in [-0.4, -0.2) is 61.4 Å². The average Bonchev–Trinajstić information content (AvgIpc) is 3.16. The molecule has 0 spiro atoms. The van der Waals surface area contributed by atoms with E-state index in [1.807, 2.05) is 44.7 Å². The standard InChI is InChI=1S/C27H29Cl3N4O3/c1-16-23(25(35)33(27(2,3)4)20-11-13-32(14-12-20)26(36)37)31-34(22-10-9-19(29)15-21(22)30)24(16)17-5-7-18(28)8-6-17/h5-10,15,20H,11-14H2,1-4H3,(H,36,37). The first kappa shape index (κ1) is 27.3. The van der Waals surface area contributed by atoms with Crippen LogP contribution in [0, 0.1) is 6.92 Å². The van der Waals surface area contributed by atoms with E-state index >= 15 is 0 Å². The van der Waals surface area contributed by atoms with E-state index < -0.39 is 11.6 Å². The summed E-state index contributed by atoms with van der Waals surface area (Å²) < 4.78 is 1.68. The summed E-state index contributed by atoms with van der Waals surface area (Å²) in [6.07, 6.45) is 0.179. The van der Waals surface area contributed by atoms with Crippen molar-refractivity contribution in [2.24, 2.45) is 0 Å². The minimum Gasteiger partial charge on any atom is -0.465 e. The van der Waals surface area contributed by atoms with Crippen molar-refractivity contribution in [2.45, 2.75) is 52.1 Å². The average molecular weight is 564 g/mol. The predicted molar refractivity (Wildman–Crippen MR) is 147 cm³/mol. The zero-order chi connectivity index (χ0) is 27.1. The molecule has 1 aliphatic rings. The van der Waals surface area contributed by atoms with E-state index in [4.69, 9.17) is 39.9 Å². The van der Waals surface area contributed by atoms with Gasteiger partial charge < -0.3 is 14.9 Å². The molecule has 196 valence electrons. The largest absolute Gasteiger partial charge is 0.465 e. The van der Waals surface area contributed by atoms with Crippen molar-refractivity contribution >= 4 is 46.8 Å². The van der Waals surface area contributed by atoms with Crippen LogP contribution < -0.4 is 0 Å². The lowest BCUT2D eigenvalue weighted by atomic mass is 9.95. The molecule has 0 radical (unpaired) electrons. The Labute approximate surface area is 231 Å². The number of amides is 2. The van der Waals surface area contributed by atoms with Crippen LogP contribution in [0.5, 0.6) is 0 Å². The molecular weight excluding hydrogens is 535 g/mol. The molecule has 0 bridgehead atoms. The Morgan fingerprint density at radius 3 is 2.14 bits per heavy atom. The maximum atomic E-state index is 14.2. The summed E-state index contributed by atoms with van der Waals surface area (Å²) in [6.45, 7) is 8.58. The third-order valence-electron chi connectivity index (χ3n) is 6.62. The van der Waals surface area contributed by atoms with Gasteiger partial charge >= 0.3 is 6.09 Å². The number of hydrogen-bond acceptors (Lipinski definition) is 3. The summed E-state index contributed by atoms with van der Waals surface area (Å²) in [6, 6.07) is 12.4.